The fourth-order valence-electron chi connectivity index (χ4n) is 1.73. The lowest BCUT2D eigenvalue weighted by Gasteiger charge is -2.12. The third-order valence-corrected chi connectivity index (χ3v) is 5.00. The first-order valence-corrected chi connectivity index (χ1v) is 9.25. The topological polar surface area (TPSA) is 88.0 Å². The van der Waals surface area contributed by atoms with Gasteiger partial charge in [-0.1, -0.05) is 48.2 Å². The molecule has 1 aromatic rings. The lowest BCUT2D eigenvalue weighted by atomic mass is 10.1. The highest BCUT2D eigenvalue weighted by Gasteiger charge is 2.18. The lowest BCUT2D eigenvalue weighted by Crippen LogP contribution is -2.35. The number of carbonyl (C=O) groups is 1. The standard InChI is InChI=1S/C14H15N3O3S2/c1-2-8-22(19,20)10-13(18)15-14-17-16-12(9-21-14)11-6-4-3-5-7-11/h2-7H,1,8-10H2,(H,15,17,18). The molecule has 1 aliphatic heterocycles. The second-order valence-corrected chi connectivity index (χ2v) is 7.57. The number of hydrogen-bond donors (Lipinski definition) is 1. The van der Waals surface area contributed by atoms with E-state index in [1.54, 1.807) is 0 Å². The third kappa shape index (κ3) is 4.81. The Morgan fingerprint density at radius 3 is 2.64 bits per heavy atom. The number of sulfone groups is 1. The van der Waals surface area contributed by atoms with Crippen molar-refractivity contribution in [1.29, 1.82) is 0 Å². The van der Waals surface area contributed by atoms with Gasteiger partial charge in [0.25, 0.3) is 0 Å². The second kappa shape index (κ2) is 7.37. The van der Waals surface area contributed by atoms with Gasteiger partial charge in [0.05, 0.1) is 11.5 Å². The van der Waals surface area contributed by atoms with Crippen LogP contribution < -0.4 is 5.32 Å². The fraction of sp³-hybridized carbons (Fsp3) is 0.214. The SMILES string of the molecule is C=CCS(=O)(=O)CC(=O)NC1=NN=C(c2ccccc2)CS1. The normalized spacial score (nSPS) is 14.7. The molecule has 0 spiro atoms. The van der Waals surface area contributed by atoms with Crippen molar-refractivity contribution >= 4 is 38.4 Å². The summed E-state index contributed by atoms with van der Waals surface area (Å²) in [4.78, 5) is 11.7. The summed E-state index contributed by atoms with van der Waals surface area (Å²) in [6, 6.07) is 9.60. The van der Waals surface area contributed by atoms with Crippen molar-refractivity contribution < 1.29 is 13.2 Å². The highest BCUT2D eigenvalue weighted by atomic mass is 32.2. The minimum absolute atomic E-state index is 0.226. The molecule has 0 saturated heterocycles. The molecule has 8 heteroatoms. The van der Waals surface area contributed by atoms with Gasteiger partial charge in [0.1, 0.15) is 5.75 Å². The number of carbonyl (C=O) groups excluding carboxylic acids is 1. The average Bonchev–Trinajstić information content (AvgIpc) is 2.48. The molecule has 116 valence electrons. The Kier molecular flexibility index (Phi) is 5.51. The Hall–Kier alpha value is -1.93. The van der Waals surface area contributed by atoms with E-state index in [1.165, 1.54) is 17.8 Å². The van der Waals surface area contributed by atoms with E-state index in [-0.39, 0.29) is 5.75 Å². The fourth-order valence-corrected chi connectivity index (χ4v) is 3.46. The molecule has 0 atom stereocenters. The molecule has 1 aliphatic rings. The Balaban J connectivity index is 1.98. The molecule has 1 N–H and O–H groups in total. The van der Waals surface area contributed by atoms with Gasteiger partial charge in [0, 0.05) is 5.75 Å². The van der Waals surface area contributed by atoms with Gasteiger partial charge in [0.2, 0.25) is 5.91 Å². The first-order chi connectivity index (χ1) is 10.5. The van der Waals surface area contributed by atoms with Crippen LogP contribution in [-0.2, 0) is 14.6 Å². The van der Waals surface area contributed by atoms with Gasteiger partial charge in [-0.15, -0.1) is 11.7 Å². The zero-order chi connectivity index (χ0) is 16.0. The van der Waals surface area contributed by atoms with Gasteiger partial charge < -0.3 is 5.32 Å². The average molecular weight is 337 g/mol. The molecule has 0 bridgehead atoms. The van der Waals surface area contributed by atoms with E-state index in [9.17, 15) is 13.2 Å². The van der Waals surface area contributed by atoms with Gasteiger partial charge in [-0.3, -0.25) is 4.79 Å². The van der Waals surface area contributed by atoms with E-state index >= 15 is 0 Å². The maximum Gasteiger partial charge on any atom is 0.241 e. The van der Waals surface area contributed by atoms with Crippen LogP contribution in [0.4, 0.5) is 0 Å². The zero-order valence-corrected chi connectivity index (χ0v) is 13.4. The minimum atomic E-state index is -3.47. The van der Waals surface area contributed by atoms with Crippen molar-refractivity contribution in [3.63, 3.8) is 0 Å². The first kappa shape index (κ1) is 16.4. The van der Waals surface area contributed by atoms with Crippen LogP contribution in [0, 0.1) is 0 Å². The molecule has 0 aromatic heterocycles. The summed E-state index contributed by atoms with van der Waals surface area (Å²) in [5.74, 6) is -0.876. The van der Waals surface area contributed by atoms with E-state index in [1.807, 2.05) is 30.3 Å². The molecule has 0 unspecified atom stereocenters. The van der Waals surface area contributed by atoms with E-state index < -0.39 is 21.5 Å². The van der Waals surface area contributed by atoms with E-state index in [2.05, 4.69) is 22.1 Å². The number of amides is 1. The summed E-state index contributed by atoms with van der Waals surface area (Å²) in [5.41, 5.74) is 1.78. The molecule has 1 amide bonds. The number of nitrogens with zero attached hydrogens (tertiary/aromatic N) is 2. The lowest BCUT2D eigenvalue weighted by molar-refractivity contribution is -0.117. The monoisotopic (exact) mass is 337 g/mol. The van der Waals surface area contributed by atoms with Crippen LogP contribution in [-0.4, -0.2) is 42.5 Å². The Morgan fingerprint density at radius 2 is 2.05 bits per heavy atom. The predicted molar refractivity (Wildman–Crippen MR) is 89.9 cm³/mol. The zero-order valence-electron chi connectivity index (χ0n) is 11.7. The number of hydrogen-bond acceptors (Lipinski definition) is 6. The maximum absolute atomic E-state index is 11.7. The van der Waals surface area contributed by atoms with Gasteiger partial charge in [-0.2, -0.15) is 5.10 Å². The van der Waals surface area contributed by atoms with Crippen molar-refractivity contribution in [2.75, 3.05) is 17.3 Å². The Labute approximate surface area is 133 Å². The van der Waals surface area contributed by atoms with Gasteiger partial charge in [0.15, 0.2) is 15.0 Å². The minimum Gasteiger partial charge on any atom is -0.303 e. The van der Waals surface area contributed by atoms with Gasteiger partial charge in [-0.05, 0) is 5.56 Å². The molecule has 2 rings (SSSR count). The molecule has 0 radical (unpaired) electrons. The van der Waals surface area contributed by atoms with Crippen molar-refractivity contribution in [2.45, 2.75) is 0 Å². The Morgan fingerprint density at radius 1 is 1.32 bits per heavy atom. The highest BCUT2D eigenvalue weighted by molar-refractivity contribution is 8.14. The summed E-state index contributed by atoms with van der Waals surface area (Å²) in [6.45, 7) is 3.35. The quantitative estimate of drug-likeness (QED) is 0.818. The number of benzene rings is 1. The summed E-state index contributed by atoms with van der Waals surface area (Å²) in [5, 5.41) is 10.8. The predicted octanol–water partition coefficient (Wildman–Crippen LogP) is 1.21. The van der Waals surface area contributed by atoms with Crippen LogP contribution in [0.15, 0.2) is 53.2 Å². The molecule has 22 heavy (non-hydrogen) atoms. The van der Waals surface area contributed by atoms with Crippen molar-refractivity contribution in [3.8, 4) is 0 Å². The number of amidine groups is 1. The summed E-state index contributed by atoms with van der Waals surface area (Å²) >= 11 is 1.31. The second-order valence-electron chi connectivity index (χ2n) is 4.50. The molecule has 1 heterocycles. The van der Waals surface area contributed by atoms with Crippen LogP contribution in [0.1, 0.15) is 5.56 Å². The molecular formula is C14H15N3O3S2. The number of rotatable bonds is 5. The molecular weight excluding hydrogens is 322 g/mol. The Bertz CT molecular complexity index is 725. The van der Waals surface area contributed by atoms with E-state index in [0.717, 1.165) is 11.3 Å². The molecule has 6 nitrogen and oxygen atoms in total. The molecule has 1 aromatic carbocycles. The van der Waals surface area contributed by atoms with E-state index in [4.69, 9.17) is 0 Å². The van der Waals surface area contributed by atoms with Crippen molar-refractivity contribution in [3.05, 3.63) is 48.6 Å². The largest absolute Gasteiger partial charge is 0.303 e. The number of thioether (sulfide) groups is 1. The van der Waals surface area contributed by atoms with Crippen LogP contribution in [0.3, 0.4) is 0 Å². The summed E-state index contributed by atoms with van der Waals surface area (Å²) in [6.07, 6.45) is 1.26. The molecule has 0 fully saturated rings. The van der Waals surface area contributed by atoms with Crippen LogP contribution in [0.2, 0.25) is 0 Å². The highest BCUT2D eigenvalue weighted by Crippen LogP contribution is 2.14. The van der Waals surface area contributed by atoms with Crippen LogP contribution >= 0.6 is 11.8 Å². The first-order valence-electron chi connectivity index (χ1n) is 6.44. The maximum atomic E-state index is 11.7. The summed E-state index contributed by atoms with van der Waals surface area (Å²) in [7, 11) is -3.47. The van der Waals surface area contributed by atoms with Gasteiger partial charge >= 0.3 is 0 Å². The molecule has 0 aliphatic carbocycles. The van der Waals surface area contributed by atoms with Gasteiger partial charge in [-0.25, -0.2) is 8.42 Å². The van der Waals surface area contributed by atoms with E-state index in [0.29, 0.717) is 10.9 Å². The van der Waals surface area contributed by atoms with Crippen LogP contribution in [0.5, 0.6) is 0 Å². The van der Waals surface area contributed by atoms with Crippen molar-refractivity contribution in [1.82, 2.24) is 5.32 Å². The summed E-state index contributed by atoms with van der Waals surface area (Å²) < 4.78 is 23.0. The van der Waals surface area contributed by atoms with Crippen molar-refractivity contribution in [2.24, 2.45) is 10.2 Å². The third-order valence-electron chi connectivity index (χ3n) is 2.68. The number of nitrogens with one attached hydrogen (secondary N) is 1. The molecule has 0 saturated carbocycles. The smallest absolute Gasteiger partial charge is 0.241 e. The van der Waals surface area contributed by atoms with Crippen LogP contribution in [0.25, 0.3) is 0 Å².